The van der Waals surface area contributed by atoms with Gasteiger partial charge >= 0.3 is 0 Å². The van der Waals surface area contributed by atoms with E-state index in [1.165, 1.54) is 0 Å². The Kier molecular flexibility index (Phi) is 5.15. The van der Waals surface area contributed by atoms with Crippen molar-refractivity contribution in [3.05, 3.63) is 34.9 Å². The topological polar surface area (TPSA) is 41.1 Å². The van der Waals surface area contributed by atoms with Crippen LogP contribution in [-0.2, 0) is 0 Å². The fourth-order valence-corrected chi connectivity index (χ4v) is 1.30. The van der Waals surface area contributed by atoms with Crippen molar-refractivity contribution < 1.29 is 4.79 Å². The van der Waals surface area contributed by atoms with Crippen molar-refractivity contribution in [2.45, 2.75) is 6.42 Å². The van der Waals surface area contributed by atoms with Gasteiger partial charge in [0.1, 0.15) is 0 Å². The predicted octanol–water partition coefficient (Wildman–Crippen LogP) is 1.68. The zero-order valence-electron chi connectivity index (χ0n) is 8.72. The van der Waals surface area contributed by atoms with E-state index in [2.05, 4.69) is 10.6 Å². The summed E-state index contributed by atoms with van der Waals surface area (Å²) in [7, 11) is 1.89. The molecule has 0 aliphatic rings. The molecule has 1 rings (SSSR count). The van der Waals surface area contributed by atoms with Crippen molar-refractivity contribution in [3.63, 3.8) is 0 Å². The van der Waals surface area contributed by atoms with Crippen LogP contribution in [0.4, 0.5) is 0 Å². The summed E-state index contributed by atoms with van der Waals surface area (Å²) in [5, 5.41) is 6.49. The van der Waals surface area contributed by atoms with Crippen LogP contribution in [0, 0.1) is 0 Å². The molecule has 0 radical (unpaired) electrons. The van der Waals surface area contributed by atoms with Gasteiger partial charge in [0, 0.05) is 17.1 Å². The summed E-state index contributed by atoms with van der Waals surface area (Å²) in [5.74, 6) is -0.0530. The van der Waals surface area contributed by atoms with Gasteiger partial charge in [0.05, 0.1) is 0 Å². The summed E-state index contributed by atoms with van der Waals surface area (Å²) >= 11 is 5.72. The maximum Gasteiger partial charge on any atom is 0.251 e. The van der Waals surface area contributed by atoms with Gasteiger partial charge in [0.15, 0.2) is 0 Å². The lowest BCUT2D eigenvalue weighted by molar-refractivity contribution is 0.0953. The minimum Gasteiger partial charge on any atom is -0.352 e. The summed E-state index contributed by atoms with van der Waals surface area (Å²) in [6.07, 6.45) is 0.926. The molecular weight excluding hydrogens is 212 g/mol. The van der Waals surface area contributed by atoms with Gasteiger partial charge in [-0.2, -0.15) is 0 Å². The Morgan fingerprint density at radius 1 is 1.27 bits per heavy atom. The average Bonchev–Trinajstić information content (AvgIpc) is 2.25. The second-order valence-corrected chi connectivity index (χ2v) is 3.66. The summed E-state index contributed by atoms with van der Waals surface area (Å²) in [5.41, 5.74) is 0.642. The fraction of sp³-hybridized carbons (Fsp3) is 0.364. The van der Waals surface area contributed by atoms with Crippen LogP contribution in [0.5, 0.6) is 0 Å². The van der Waals surface area contributed by atoms with E-state index in [1.807, 2.05) is 7.05 Å². The highest BCUT2D eigenvalue weighted by Gasteiger charge is 2.03. The molecule has 0 saturated heterocycles. The molecule has 0 spiro atoms. The maximum absolute atomic E-state index is 11.5. The standard InChI is InChI=1S/C11H15ClN2O/c1-13-7-2-8-14-11(15)9-3-5-10(12)6-4-9/h3-6,13H,2,7-8H2,1H3,(H,14,15). The van der Waals surface area contributed by atoms with Gasteiger partial charge < -0.3 is 10.6 Å². The maximum atomic E-state index is 11.5. The van der Waals surface area contributed by atoms with Crippen molar-refractivity contribution in [2.75, 3.05) is 20.1 Å². The number of nitrogens with one attached hydrogen (secondary N) is 2. The van der Waals surface area contributed by atoms with Gasteiger partial charge in [0.2, 0.25) is 0 Å². The molecule has 3 nitrogen and oxygen atoms in total. The molecule has 0 aliphatic carbocycles. The molecule has 0 bridgehead atoms. The van der Waals surface area contributed by atoms with Crippen LogP contribution >= 0.6 is 11.6 Å². The number of rotatable bonds is 5. The van der Waals surface area contributed by atoms with Crippen molar-refractivity contribution in [2.24, 2.45) is 0 Å². The SMILES string of the molecule is CNCCCNC(=O)c1ccc(Cl)cc1. The molecular formula is C11H15ClN2O. The molecule has 0 fully saturated rings. The van der Waals surface area contributed by atoms with Crippen molar-refractivity contribution >= 4 is 17.5 Å². The fourth-order valence-electron chi connectivity index (χ4n) is 1.17. The van der Waals surface area contributed by atoms with Crippen LogP contribution in [0.2, 0.25) is 5.02 Å². The van der Waals surface area contributed by atoms with Crippen LogP contribution in [0.25, 0.3) is 0 Å². The Labute approximate surface area is 94.8 Å². The van der Waals surface area contributed by atoms with Gasteiger partial charge in [-0.3, -0.25) is 4.79 Å². The van der Waals surface area contributed by atoms with E-state index < -0.39 is 0 Å². The zero-order chi connectivity index (χ0) is 11.1. The third-order valence-corrected chi connectivity index (χ3v) is 2.25. The van der Waals surface area contributed by atoms with Gasteiger partial charge in [-0.05, 0) is 44.3 Å². The summed E-state index contributed by atoms with van der Waals surface area (Å²) in [6.45, 7) is 1.59. The first-order valence-electron chi connectivity index (χ1n) is 4.92. The van der Waals surface area contributed by atoms with Crippen molar-refractivity contribution in [1.82, 2.24) is 10.6 Å². The molecule has 0 unspecified atom stereocenters. The van der Waals surface area contributed by atoms with E-state index >= 15 is 0 Å². The Morgan fingerprint density at radius 3 is 2.53 bits per heavy atom. The summed E-state index contributed by atoms with van der Waals surface area (Å²) in [6, 6.07) is 6.86. The van der Waals surface area contributed by atoms with Crippen LogP contribution in [0.1, 0.15) is 16.8 Å². The Balaban J connectivity index is 2.37. The molecule has 1 amide bonds. The largest absolute Gasteiger partial charge is 0.352 e. The van der Waals surface area contributed by atoms with Gasteiger partial charge in [0.25, 0.3) is 5.91 Å². The van der Waals surface area contributed by atoms with Crippen molar-refractivity contribution in [3.8, 4) is 0 Å². The number of hydrogen-bond acceptors (Lipinski definition) is 2. The molecule has 0 aromatic heterocycles. The molecule has 4 heteroatoms. The number of carbonyl (C=O) groups is 1. The van der Waals surface area contributed by atoms with E-state index in [-0.39, 0.29) is 5.91 Å². The number of carbonyl (C=O) groups excluding carboxylic acids is 1. The van der Waals surface area contributed by atoms with E-state index in [0.717, 1.165) is 13.0 Å². The molecule has 15 heavy (non-hydrogen) atoms. The lowest BCUT2D eigenvalue weighted by atomic mass is 10.2. The Morgan fingerprint density at radius 2 is 1.93 bits per heavy atom. The Hall–Kier alpha value is -1.06. The summed E-state index contributed by atoms with van der Waals surface area (Å²) < 4.78 is 0. The quantitative estimate of drug-likeness (QED) is 0.751. The molecule has 0 saturated carbocycles. The molecule has 82 valence electrons. The molecule has 2 N–H and O–H groups in total. The first-order valence-corrected chi connectivity index (χ1v) is 5.30. The van der Waals surface area contributed by atoms with Gasteiger partial charge in [-0.1, -0.05) is 11.6 Å². The van der Waals surface area contributed by atoms with E-state index in [1.54, 1.807) is 24.3 Å². The van der Waals surface area contributed by atoms with Crippen LogP contribution in [0.15, 0.2) is 24.3 Å². The number of hydrogen-bond donors (Lipinski definition) is 2. The highest BCUT2D eigenvalue weighted by molar-refractivity contribution is 6.30. The molecule has 0 atom stereocenters. The second-order valence-electron chi connectivity index (χ2n) is 3.22. The average molecular weight is 227 g/mol. The first kappa shape index (κ1) is 12.0. The van der Waals surface area contributed by atoms with Crippen molar-refractivity contribution in [1.29, 1.82) is 0 Å². The lowest BCUT2D eigenvalue weighted by Gasteiger charge is -2.04. The first-order chi connectivity index (χ1) is 7.24. The second kappa shape index (κ2) is 6.43. The van der Waals surface area contributed by atoms with E-state index in [0.29, 0.717) is 17.1 Å². The van der Waals surface area contributed by atoms with Crippen LogP contribution in [0.3, 0.4) is 0 Å². The summed E-state index contributed by atoms with van der Waals surface area (Å²) in [4.78, 5) is 11.5. The number of amides is 1. The monoisotopic (exact) mass is 226 g/mol. The lowest BCUT2D eigenvalue weighted by Crippen LogP contribution is -2.26. The highest BCUT2D eigenvalue weighted by atomic mass is 35.5. The third kappa shape index (κ3) is 4.32. The minimum absolute atomic E-state index is 0.0530. The molecule has 1 aromatic carbocycles. The minimum atomic E-state index is -0.0530. The van der Waals surface area contributed by atoms with Gasteiger partial charge in [-0.25, -0.2) is 0 Å². The number of benzene rings is 1. The van der Waals surface area contributed by atoms with Crippen LogP contribution < -0.4 is 10.6 Å². The molecule has 1 aromatic rings. The van der Waals surface area contributed by atoms with Gasteiger partial charge in [-0.15, -0.1) is 0 Å². The Bertz CT molecular complexity index is 311. The molecule has 0 aliphatic heterocycles. The van der Waals surface area contributed by atoms with E-state index in [9.17, 15) is 4.79 Å². The third-order valence-electron chi connectivity index (χ3n) is 2.00. The van der Waals surface area contributed by atoms with E-state index in [4.69, 9.17) is 11.6 Å². The molecule has 0 heterocycles. The smallest absolute Gasteiger partial charge is 0.251 e. The zero-order valence-corrected chi connectivity index (χ0v) is 9.47. The van der Waals surface area contributed by atoms with Crippen LogP contribution in [-0.4, -0.2) is 26.0 Å². The normalized spacial score (nSPS) is 10.0. The predicted molar refractivity (Wildman–Crippen MR) is 62.3 cm³/mol. The number of halogens is 1. The highest BCUT2D eigenvalue weighted by Crippen LogP contribution is 2.09.